The highest BCUT2D eigenvalue weighted by Gasteiger charge is 2.37. The summed E-state index contributed by atoms with van der Waals surface area (Å²) >= 11 is 0. The number of methoxy groups -OCH3 is 1. The second-order valence-corrected chi connectivity index (χ2v) is 8.18. The van der Waals surface area contributed by atoms with Gasteiger partial charge in [0, 0.05) is 32.3 Å². The quantitative estimate of drug-likeness (QED) is 0.777. The van der Waals surface area contributed by atoms with E-state index in [0.717, 1.165) is 17.3 Å². The van der Waals surface area contributed by atoms with Crippen LogP contribution >= 0.6 is 0 Å². The first kappa shape index (κ1) is 22.3. The molecule has 2 aliphatic heterocycles. The van der Waals surface area contributed by atoms with Gasteiger partial charge in [-0.1, -0.05) is 18.2 Å². The monoisotopic (exact) mass is 450 g/mol. The number of H-pyrrole nitrogens is 1. The first-order chi connectivity index (χ1) is 15.3. The Bertz CT molecular complexity index is 997. The number of rotatable bonds is 4. The molecule has 1 fully saturated rings. The van der Waals surface area contributed by atoms with Crippen molar-refractivity contribution in [3.05, 3.63) is 52.3 Å². The third-order valence-electron chi connectivity index (χ3n) is 6.24. The lowest BCUT2D eigenvalue weighted by Crippen LogP contribution is -2.40. The minimum atomic E-state index is -4.39. The van der Waals surface area contributed by atoms with Crippen molar-refractivity contribution in [2.24, 2.45) is 0 Å². The lowest BCUT2D eigenvalue weighted by Gasteiger charge is -2.33. The maximum atomic E-state index is 13.4. The Morgan fingerprint density at radius 1 is 1.16 bits per heavy atom. The van der Waals surface area contributed by atoms with Gasteiger partial charge in [-0.2, -0.15) is 18.3 Å². The molecule has 2 aromatic rings. The van der Waals surface area contributed by atoms with Crippen LogP contribution in [0.5, 0.6) is 0 Å². The highest BCUT2D eigenvalue weighted by atomic mass is 19.4. The number of carbonyl (C=O) groups is 2. The van der Waals surface area contributed by atoms with Gasteiger partial charge in [-0.25, -0.2) is 0 Å². The number of carbonyl (C=O) groups excluding carboxylic acids is 2. The summed E-state index contributed by atoms with van der Waals surface area (Å²) in [5.74, 6) is -0.589. The SMILES string of the molecule is COCC(=O)N1CCc2c(C(=O)N3CCC(c4ccccc4C(F)(F)F)CC3)n[nH]c2C1. The van der Waals surface area contributed by atoms with Crippen LogP contribution in [0.4, 0.5) is 13.2 Å². The topological polar surface area (TPSA) is 78.5 Å². The average Bonchev–Trinajstić information content (AvgIpc) is 3.21. The van der Waals surface area contributed by atoms with E-state index >= 15 is 0 Å². The molecule has 0 spiro atoms. The van der Waals surface area contributed by atoms with Gasteiger partial charge in [0.1, 0.15) is 6.61 Å². The molecule has 4 rings (SSSR count). The van der Waals surface area contributed by atoms with Crippen LogP contribution in [0.1, 0.15) is 51.6 Å². The molecule has 10 heteroatoms. The summed E-state index contributed by atoms with van der Waals surface area (Å²) in [5, 5.41) is 7.08. The van der Waals surface area contributed by atoms with E-state index in [-0.39, 0.29) is 24.3 Å². The Labute approximate surface area is 183 Å². The average molecular weight is 450 g/mol. The predicted octanol–water partition coefficient (Wildman–Crippen LogP) is 2.98. The molecule has 1 aromatic carbocycles. The summed E-state index contributed by atoms with van der Waals surface area (Å²) in [6.07, 6.45) is -2.95. The van der Waals surface area contributed by atoms with E-state index in [1.54, 1.807) is 15.9 Å². The minimum absolute atomic E-state index is 0.00166. The molecule has 0 bridgehead atoms. The number of aromatic nitrogens is 2. The second-order valence-electron chi connectivity index (χ2n) is 8.18. The van der Waals surface area contributed by atoms with Crippen LogP contribution in [0.2, 0.25) is 0 Å². The van der Waals surface area contributed by atoms with E-state index in [1.807, 2.05) is 0 Å². The van der Waals surface area contributed by atoms with Gasteiger partial charge < -0.3 is 14.5 Å². The number of nitrogens with one attached hydrogen (secondary N) is 1. The Kier molecular flexibility index (Phi) is 6.23. The van der Waals surface area contributed by atoms with E-state index in [9.17, 15) is 22.8 Å². The Hall–Kier alpha value is -2.88. The van der Waals surface area contributed by atoms with Crippen LogP contribution in [-0.4, -0.2) is 65.2 Å². The molecule has 0 saturated carbocycles. The third-order valence-corrected chi connectivity index (χ3v) is 6.24. The number of ether oxygens (including phenoxy) is 1. The van der Waals surface area contributed by atoms with Crippen molar-refractivity contribution in [1.29, 1.82) is 0 Å². The van der Waals surface area contributed by atoms with Crippen molar-refractivity contribution in [2.75, 3.05) is 33.4 Å². The largest absolute Gasteiger partial charge is 0.416 e. The molecule has 32 heavy (non-hydrogen) atoms. The molecule has 2 aliphatic rings. The Balaban J connectivity index is 1.42. The van der Waals surface area contributed by atoms with Gasteiger partial charge in [-0.15, -0.1) is 0 Å². The summed E-state index contributed by atoms with van der Waals surface area (Å²) in [5.41, 5.74) is 1.58. The van der Waals surface area contributed by atoms with Crippen LogP contribution in [-0.2, 0) is 28.7 Å². The molecule has 0 radical (unpaired) electrons. The first-order valence-corrected chi connectivity index (χ1v) is 10.6. The van der Waals surface area contributed by atoms with E-state index in [2.05, 4.69) is 10.2 Å². The number of alkyl halides is 3. The van der Waals surface area contributed by atoms with Crippen LogP contribution in [0.3, 0.4) is 0 Å². The summed E-state index contributed by atoms with van der Waals surface area (Å²) in [6, 6.07) is 5.67. The Morgan fingerprint density at radius 3 is 2.56 bits per heavy atom. The lowest BCUT2D eigenvalue weighted by molar-refractivity contribution is -0.138. The highest BCUT2D eigenvalue weighted by Crippen LogP contribution is 2.38. The number of fused-ring (bicyclic) bond motifs is 1. The fourth-order valence-electron chi connectivity index (χ4n) is 4.58. The zero-order valence-corrected chi connectivity index (χ0v) is 17.7. The zero-order chi connectivity index (χ0) is 22.9. The first-order valence-electron chi connectivity index (χ1n) is 10.6. The number of likely N-dealkylation sites (tertiary alicyclic amines) is 1. The third kappa shape index (κ3) is 4.36. The lowest BCUT2D eigenvalue weighted by atomic mass is 9.86. The molecule has 2 amide bonds. The van der Waals surface area contributed by atoms with Crippen LogP contribution in [0.15, 0.2) is 24.3 Å². The van der Waals surface area contributed by atoms with Crippen molar-refractivity contribution in [1.82, 2.24) is 20.0 Å². The predicted molar refractivity (Wildman–Crippen MR) is 109 cm³/mol. The van der Waals surface area contributed by atoms with Crippen LogP contribution in [0.25, 0.3) is 0 Å². The van der Waals surface area contributed by atoms with Gasteiger partial charge in [-0.3, -0.25) is 14.7 Å². The number of piperidine rings is 1. The van der Waals surface area contributed by atoms with Gasteiger partial charge in [0.2, 0.25) is 5.91 Å². The van der Waals surface area contributed by atoms with Gasteiger partial charge in [0.05, 0.1) is 17.8 Å². The molecule has 0 aliphatic carbocycles. The standard InChI is InChI=1S/C22H25F3N4O3/c1-32-13-19(30)29-11-8-16-18(12-29)26-27-20(16)21(31)28-9-6-14(7-10-28)15-4-2-3-5-17(15)22(23,24)25/h2-5,14H,6-13H2,1H3,(H,26,27). The molecule has 1 saturated heterocycles. The van der Waals surface area contributed by atoms with E-state index in [4.69, 9.17) is 4.74 Å². The Morgan fingerprint density at radius 2 is 1.88 bits per heavy atom. The maximum Gasteiger partial charge on any atom is 0.416 e. The highest BCUT2D eigenvalue weighted by molar-refractivity contribution is 5.94. The zero-order valence-electron chi connectivity index (χ0n) is 17.7. The van der Waals surface area contributed by atoms with Crippen molar-refractivity contribution >= 4 is 11.8 Å². The minimum Gasteiger partial charge on any atom is -0.375 e. The fourth-order valence-corrected chi connectivity index (χ4v) is 4.58. The summed E-state index contributed by atoms with van der Waals surface area (Å²) < 4.78 is 45.0. The summed E-state index contributed by atoms with van der Waals surface area (Å²) in [6.45, 7) is 1.56. The van der Waals surface area contributed by atoms with Crippen molar-refractivity contribution in [3.8, 4) is 0 Å². The second kappa shape index (κ2) is 8.93. The summed E-state index contributed by atoms with van der Waals surface area (Å²) in [4.78, 5) is 28.4. The van der Waals surface area contributed by atoms with Gasteiger partial charge in [-0.05, 0) is 36.8 Å². The fraction of sp³-hybridized carbons (Fsp3) is 0.500. The molecule has 0 atom stereocenters. The smallest absolute Gasteiger partial charge is 0.375 e. The number of nitrogens with zero attached hydrogens (tertiary/aromatic N) is 3. The number of aromatic amines is 1. The number of hydrogen-bond donors (Lipinski definition) is 1. The van der Waals surface area contributed by atoms with E-state index < -0.39 is 11.7 Å². The molecule has 1 N–H and O–H groups in total. The molecular formula is C22H25F3N4O3. The normalized spacial score (nSPS) is 17.4. The molecule has 172 valence electrons. The molecule has 3 heterocycles. The van der Waals surface area contributed by atoms with Gasteiger partial charge in [0.15, 0.2) is 5.69 Å². The maximum absolute atomic E-state index is 13.4. The molecule has 1 aromatic heterocycles. The molecule has 7 nitrogen and oxygen atoms in total. The van der Waals surface area contributed by atoms with Crippen molar-refractivity contribution < 1.29 is 27.5 Å². The molecule has 0 unspecified atom stereocenters. The van der Waals surface area contributed by atoms with Gasteiger partial charge >= 0.3 is 6.18 Å². The number of benzene rings is 1. The van der Waals surface area contributed by atoms with E-state index in [1.165, 1.54) is 19.2 Å². The number of hydrogen-bond acceptors (Lipinski definition) is 4. The van der Waals surface area contributed by atoms with Crippen LogP contribution < -0.4 is 0 Å². The number of halogens is 3. The van der Waals surface area contributed by atoms with Crippen LogP contribution in [0, 0.1) is 0 Å². The van der Waals surface area contributed by atoms with Gasteiger partial charge in [0.25, 0.3) is 5.91 Å². The van der Waals surface area contributed by atoms with E-state index in [0.29, 0.717) is 56.7 Å². The van der Waals surface area contributed by atoms with Crippen molar-refractivity contribution in [3.63, 3.8) is 0 Å². The molecular weight excluding hydrogens is 425 g/mol. The number of amides is 2. The summed E-state index contributed by atoms with van der Waals surface area (Å²) in [7, 11) is 1.46. The van der Waals surface area contributed by atoms with Crippen molar-refractivity contribution in [2.45, 2.75) is 37.9 Å².